The minimum Gasteiger partial charge on any atom is -0.368 e. The quantitative estimate of drug-likeness (QED) is 0.852. The average molecular weight is 303 g/mol. The van der Waals surface area contributed by atoms with Crippen molar-refractivity contribution < 1.29 is 14.4 Å². The Morgan fingerprint density at radius 2 is 1.95 bits per heavy atom. The Labute approximate surface area is 129 Å². The van der Waals surface area contributed by atoms with Crippen molar-refractivity contribution in [3.05, 3.63) is 35.9 Å². The second-order valence-electron chi connectivity index (χ2n) is 5.56. The largest absolute Gasteiger partial charge is 0.368 e. The molecule has 0 unspecified atom stereocenters. The lowest BCUT2D eigenvalue weighted by Gasteiger charge is -2.32. The Morgan fingerprint density at radius 3 is 2.55 bits per heavy atom. The summed E-state index contributed by atoms with van der Waals surface area (Å²) >= 11 is 0. The van der Waals surface area contributed by atoms with Crippen molar-refractivity contribution in [3.63, 3.8) is 0 Å². The van der Waals surface area contributed by atoms with Crippen molar-refractivity contribution in [2.75, 3.05) is 13.1 Å². The number of rotatable bonds is 4. The van der Waals surface area contributed by atoms with Crippen LogP contribution in [0.3, 0.4) is 0 Å². The van der Waals surface area contributed by atoms with Gasteiger partial charge in [0.05, 0.1) is 5.92 Å². The number of nitrogens with two attached hydrogens (primary N) is 1. The number of hydrogen-bond acceptors (Lipinski definition) is 3. The number of benzene rings is 1. The molecule has 0 bridgehead atoms. The van der Waals surface area contributed by atoms with E-state index in [0.717, 1.165) is 6.42 Å². The predicted molar refractivity (Wildman–Crippen MR) is 81.5 cm³/mol. The molecule has 0 aliphatic carbocycles. The van der Waals surface area contributed by atoms with Gasteiger partial charge in [-0.15, -0.1) is 0 Å². The zero-order valence-electron chi connectivity index (χ0n) is 12.6. The van der Waals surface area contributed by atoms with Crippen LogP contribution in [-0.4, -0.2) is 35.7 Å². The van der Waals surface area contributed by atoms with Gasteiger partial charge in [0.15, 0.2) is 0 Å². The van der Waals surface area contributed by atoms with Crippen LogP contribution in [0, 0.1) is 5.92 Å². The molecule has 2 atom stereocenters. The first-order valence-corrected chi connectivity index (χ1v) is 7.39. The molecule has 6 nitrogen and oxygen atoms in total. The molecule has 22 heavy (non-hydrogen) atoms. The molecule has 3 N–H and O–H groups in total. The van der Waals surface area contributed by atoms with Crippen molar-refractivity contribution in [2.45, 2.75) is 25.8 Å². The summed E-state index contributed by atoms with van der Waals surface area (Å²) in [5, 5.41) is 2.71. The van der Waals surface area contributed by atoms with Crippen molar-refractivity contribution in [3.8, 4) is 0 Å². The van der Waals surface area contributed by atoms with E-state index in [-0.39, 0.29) is 17.7 Å². The predicted octanol–water partition coefficient (Wildman–Crippen LogP) is 0.588. The molecule has 118 valence electrons. The van der Waals surface area contributed by atoms with Crippen molar-refractivity contribution >= 4 is 17.7 Å². The fourth-order valence-electron chi connectivity index (χ4n) is 2.70. The zero-order chi connectivity index (χ0) is 16.1. The van der Waals surface area contributed by atoms with E-state index in [0.29, 0.717) is 25.1 Å². The molecule has 1 aromatic rings. The highest BCUT2D eigenvalue weighted by molar-refractivity contribution is 5.89. The van der Waals surface area contributed by atoms with Gasteiger partial charge in [-0.3, -0.25) is 14.4 Å². The number of piperidine rings is 1. The van der Waals surface area contributed by atoms with Crippen LogP contribution < -0.4 is 11.1 Å². The Hall–Kier alpha value is -2.37. The number of nitrogens with zero attached hydrogens (tertiary/aromatic N) is 1. The molecule has 1 aliphatic rings. The third kappa shape index (κ3) is 3.84. The van der Waals surface area contributed by atoms with Crippen molar-refractivity contribution in [1.29, 1.82) is 0 Å². The molecule has 1 saturated heterocycles. The van der Waals surface area contributed by atoms with Gasteiger partial charge in [0, 0.05) is 20.0 Å². The molecule has 0 saturated carbocycles. The lowest BCUT2D eigenvalue weighted by atomic mass is 9.96. The van der Waals surface area contributed by atoms with Gasteiger partial charge in [0.25, 0.3) is 0 Å². The molecule has 6 heteroatoms. The molecule has 0 aromatic heterocycles. The van der Waals surface area contributed by atoms with E-state index in [4.69, 9.17) is 5.73 Å². The Kier molecular flexibility index (Phi) is 5.14. The minimum absolute atomic E-state index is 0.0352. The smallest absolute Gasteiger partial charge is 0.244 e. The number of primary amides is 1. The molecule has 1 heterocycles. The molecular weight excluding hydrogens is 282 g/mol. The monoisotopic (exact) mass is 303 g/mol. The van der Waals surface area contributed by atoms with E-state index in [9.17, 15) is 14.4 Å². The fraction of sp³-hybridized carbons (Fsp3) is 0.438. The van der Waals surface area contributed by atoms with Crippen LogP contribution in [-0.2, 0) is 14.4 Å². The maximum absolute atomic E-state index is 12.4. The Bertz CT molecular complexity index is 559. The van der Waals surface area contributed by atoms with E-state index >= 15 is 0 Å². The maximum atomic E-state index is 12.4. The van der Waals surface area contributed by atoms with Crippen LogP contribution in [0.15, 0.2) is 30.3 Å². The molecule has 3 amide bonds. The molecule has 0 spiro atoms. The van der Waals surface area contributed by atoms with Crippen LogP contribution >= 0.6 is 0 Å². The highest BCUT2D eigenvalue weighted by Crippen LogP contribution is 2.19. The summed E-state index contributed by atoms with van der Waals surface area (Å²) < 4.78 is 0. The van der Waals surface area contributed by atoms with Gasteiger partial charge in [-0.25, -0.2) is 0 Å². The average Bonchev–Trinajstić information content (AvgIpc) is 2.53. The summed E-state index contributed by atoms with van der Waals surface area (Å²) in [6, 6.07) is 8.05. The number of carbonyl (C=O) groups is 3. The summed E-state index contributed by atoms with van der Waals surface area (Å²) in [5.41, 5.74) is 6.06. The van der Waals surface area contributed by atoms with E-state index in [2.05, 4.69) is 5.32 Å². The lowest BCUT2D eigenvalue weighted by Crippen LogP contribution is -2.47. The number of nitrogens with one attached hydrogen (secondary N) is 1. The summed E-state index contributed by atoms with van der Waals surface area (Å²) in [5.74, 6) is -1.17. The van der Waals surface area contributed by atoms with E-state index < -0.39 is 11.9 Å². The third-order valence-corrected chi connectivity index (χ3v) is 3.94. The summed E-state index contributed by atoms with van der Waals surface area (Å²) in [6.45, 7) is 2.56. The van der Waals surface area contributed by atoms with Crippen LogP contribution in [0.4, 0.5) is 0 Å². The number of carbonyl (C=O) groups excluding carboxylic acids is 3. The Balaban J connectivity index is 2.05. The number of amides is 3. The lowest BCUT2D eigenvalue weighted by molar-refractivity contribution is -0.135. The van der Waals surface area contributed by atoms with Gasteiger partial charge in [0.2, 0.25) is 17.7 Å². The van der Waals surface area contributed by atoms with Gasteiger partial charge < -0.3 is 16.0 Å². The van der Waals surface area contributed by atoms with Gasteiger partial charge in [0.1, 0.15) is 6.04 Å². The van der Waals surface area contributed by atoms with Gasteiger partial charge in [-0.05, 0) is 18.4 Å². The number of hydrogen-bond donors (Lipinski definition) is 2. The van der Waals surface area contributed by atoms with Crippen LogP contribution in [0.25, 0.3) is 0 Å². The highest BCUT2D eigenvalue weighted by atomic mass is 16.2. The van der Waals surface area contributed by atoms with Gasteiger partial charge >= 0.3 is 0 Å². The first-order chi connectivity index (χ1) is 10.5. The second kappa shape index (κ2) is 7.06. The number of likely N-dealkylation sites (tertiary alicyclic amines) is 1. The fourth-order valence-corrected chi connectivity index (χ4v) is 2.70. The van der Waals surface area contributed by atoms with Crippen LogP contribution in [0.5, 0.6) is 0 Å². The minimum atomic E-state index is -0.846. The third-order valence-electron chi connectivity index (χ3n) is 3.94. The summed E-state index contributed by atoms with van der Waals surface area (Å²) in [7, 11) is 0. The molecule has 1 aliphatic heterocycles. The molecule has 1 aromatic carbocycles. The normalized spacial score (nSPS) is 19.3. The van der Waals surface area contributed by atoms with Gasteiger partial charge in [-0.1, -0.05) is 30.3 Å². The maximum Gasteiger partial charge on any atom is 0.244 e. The first kappa shape index (κ1) is 16.0. The van der Waals surface area contributed by atoms with Crippen molar-refractivity contribution in [1.82, 2.24) is 10.2 Å². The Morgan fingerprint density at radius 1 is 1.27 bits per heavy atom. The second-order valence-corrected chi connectivity index (χ2v) is 5.56. The molecular formula is C16H21N3O3. The van der Waals surface area contributed by atoms with Crippen LogP contribution in [0.2, 0.25) is 0 Å². The van der Waals surface area contributed by atoms with E-state index in [1.54, 1.807) is 29.2 Å². The molecule has 0 radical (unpaired) electrons. The standard InChI is InChI=1S/C16H21N3O3/c1-11(20)19-9-5-8-13(10-19)16(22)18-14(15(17)21)12-6-3-2-4-7-12/h2-4,6-7,13-14H,5,8-10H2,1H3,(H2,17,21)(H,18,22)/t13-,14+/m1/s1. The SMILES string of the molecule is CC(=O)N1CCC[C@@H](C(=O)N[C@H](C(N)=O)c2ccccc2)C1. The highest BCUT2D eigenvalue weighted by Gasteiger charge is 2.29. The van der Waals surface area contributed by atoms with Crippen molar-refractivity contribution in [2.24, 2.45) is 11.7 Å². The molecule has 2 rings (SSSR count). The first-order valence-electron chi connectivity index (χ1n) is 7.39. The zero-order valence-corrected chi connectivity index (χ0v) is 12.6. The van der Waals surface area contributed by atoms with E-state index in [1.165, 1.54) is 6.92 Å². The van der Waals surface area contributed by atoms with E-state index in [1.807, 2.05) is 6.07 Å². The summed E-state index contributed by atoms with van der Waals surface area (Å²) in [6.07, 6.45) is 1.49. The van der Waals surface area contributed by atoms with Crippen LogP contribution in [0.1, 0.15) is 31.4 Å². The topological polar surface area (TPSA) is 92.5 Å². The molecule has 1 fully saturated rings. The summed E-state index contributed by atoms with van der Waals surface area (Å²) in [4.78, 5) is 37.1. The van der Waals surface area contributed by atoms with Gasteiger partial charge in [-0.2, -0.15) is 0 Å².